The van der Waals surface area contributed by atoms with Crippen molar-refractivity contribution in [3.8, 4) is 0 Å². The molecule has 2 aromatic heterocycles. The standard InChI is InChI=1S/C20H20Cl2N4O2S/c1-3-17-23-13-7-5-11(9-15(13)25-17)19(21)29(27,28)20(22)12-6-8-14-16(10-12)26-18(4-2)24-14/h5-10,19-20H,3-4H2,1-2H3,(H,23,25)(H,24,26). The van der Waals surface area contributed by atoms with Crippen LogP contribution in [0.2, 0.25) is 0 Å². The van der Waals surface area contributed by atoms with Crippen LogP contribution in [0.4, 0.5) is 0 Å². The van der Waals surface area contributed by atoms with Crippen molar-refractivity contribution in [2.75, 3.05) is 0 Å². The zero-order valence-electron chi connectivity index (χ0n) is 15.9. The van der Waals surface area contributed by atoms with Crippen molar-refractivity contribution >= 4 is 55.1 Å². The predicted octanol–water partition coefficient (Wildman–Crippen LogP) is 5.15. The summed E-state index contributed by atoms with van der Waals surface area (Å²) in [6.45, 7) is 3.98. The molecule has 152 valence electrons. The van der Waals surface area contributed by atoms with Gasteiger partial charge in [-0.2, -0.15) is 0 Å². The molecular weight excluding hydrogens is 431 g/mol. The van der Waals surface area contributed by atoms with E-state index in [9.17, 15) is 8.42 Å². The van der Waals surface area contributed by atoms with Crippen LogP contribution in [0.3, 0.4) is 0 Å². The van der Waals surface area contributed by atoms with Crippen LogP contribution < -0.4 is 0 Å². The van der Waals surface area contributed by atoms with E-state index >= 15 is 0 Å². The summed E-state index contributed by atoms with van der Waals surface area (Å²) in [5.74, 6) is 1.67. The summed E-state index contributed by atoms with van der Waals surface area (Å²) in [6, 6.07) is 10.3. The predicted molar refractivity (Wildman–Crippen MR) is 117 cm³/mol. The first-order valence-corrected chi connectivity index (χ1v) is 11.8. The van der Waals surface area contributed by atoms with Crippen LogP contribution in [0, 0.1) is 0 Å². The molecule has 6 nitrogen and oxygen atoms in total. The number of H-pyrrole nitrogens is 2. The lowest BCUT2D eigenvalue weighted by Gasteiger charge is -2.16. The third kappa shape index (κ3) is 3.63. The maximum atomic E-state index is 13.1. The Morgan fingerprint density at radius 3 is 1.62 bits per heavy atom. The smallest absolute Gasteiger partial charge is 0.192 e. The highest BCUT2D eigenvalue weighted by Crippen LogP contribution is 2.40. The molecule has 0 spiro atoms. The van der Waals surface area contributed by atoms with Crippen LogP contribution in [0.15, 0.2) is 36.4 Å². The van der Waals surface area contributed by atoms with Gasteiger partial charge in [0.15, 0.2) is 19.3 Å². The molecule has 9 heteroatoms. The molecule has 0 aliphatic rings. The Morgan fingerprint density at radius 1 is 0.828 bits per heavy atom. The highest BCUT2D eigenvalue weighted by atomic mass is 35.5. The summed E-state index contributed by atoms with van der Waals surface area (Å²) >= 11 is 12.8. The number of halogens is 2. The molecule has 0 aliphatic carbocycles. The van der Waals surface area contributed by atoms with E-state index in [0.29, 0.717) is 11.1 Å². The molecule has 4 aromatic rings. The maximum Gasteiger partial charge on any atom is 0.192 e. The summed E-state index contributed by atoms with van der Waals surface area (Å²) in [7, 11) is -3.92. The molecule has 4 rings (SSSR count). The van der Waals surface area contributed by atoms with Crippen molar-refractivity contribution in [1.29, 1.82) is 0 Å². The molecule has 0 radical (unpaired) electrons. The number of hydrogen-bond donors (Lipinski definition) is 2. The highest BCUT2D eigenvalue weighted by Gasteiger charge is 2.34. The van der Waals surface area contributed by atoms with Gasteiger partial charge in [0.2, 0.25) is 0 Å². The van der Waals surface area contributed by atoms with Gasteiger partial charge in [-0.05, 0) is 35.4 Å². The largest absolute Gasteiger partial charge is 0.342 e. The Balaban J connectivity index is 1.67. The van der Waals surface area contributed by atoms with Gasteiger partial charge in [-0.15, -0.1) is 23.2 Å². The lowest BCUT2D eigenvalue weighted by molar-refractivity contribution is 0.591. The van der Waals surface area contributed by atoms with Crippen molar-refractivity contribution < 1.29 is 8.42 Å². The van der Waals surface area contributed by atoms with Gasteiger partial charge in [0.1, 0.15) is 11.6 Å². The van der Waals surface area contributed by atoms with Crippen LogP contribution in [0.5, 0.6) is 0 Å². The lowest BCUT2D eigenvalue weighted by Crippen LogP contribution is -2.14. The first-order chi connectivity index (χ1) is 13.8. The minimum absolute atomic E-state index is 0.451. The fourth-order valence-electron chi connectivity index (χ4n) is 3.26. The van der Waals surface area contributed by atoms with Crippen LogP contribution in [-0.4, -0.2) is 28.4 Å². The average Bonchev–Trinajstić information content (AvgIpc) is 3.34. The number of nitrogens with one attached hydrogen (secondary N) is 2. The molecule has 2 atom stereocenters. The van der Waals surface area contributed by atoms with Gasteiger partial charge in [-0.25, -0.2) is 18.4 Å². The number of aromatic amines is 2. The number of aromatic nitrogens is 4. The zero-order valence-corrected chi connectivity index (χ0v) is 18.2. The summed E-state index contributed by atoms with van der Waals surface area (Å²) in [6.07, 6.45) is 1.51. The molecule has 2 aromatic carbocycles. The lowest BCUT2D eigenvalue weighted by atomic mass is 10.2. The zero-order chi connectivity index (χ0) is 20.8. The second-order valence-electron chi connectivity index (χ2n) is 6.85. The third-order valence-electron chi connectivity index (χ3n) is 4.88. The Morgan fingerprint density at radius 2 is 1.24 bits per heavy atom. The van der Waals surface area contributed by atoms with Crippen LogP contribution in [-0.2, 0) is 22.7 Å². The van der Waals surface area contributed by atoms with Gasteiger partial charge < -0.3 is 9.97 Å². The molecule has 2 N–H and O–H groups in total. The maximum absolute atomic E-state index is 13.1. The number of imidazole rings is 2. The summed E-state index contributed by atoms with van der Waals surface area (Å²) in [4.78, 5) is 15.2. The van der Waals surface area contributed by atoms with Crippen molar-refractivity contribution in [2.45, 2.75) is 36.1 Å². The van der Waals surface area contributed by atoms with Gasteiger partial charge in [0.05, 0.1) is 22.1 Å². The molecule has 0 fully saturated rings. The Bertz CT molecular complexity index is 1200. The Kier molecular flexibility index (Phi) is 5.31. The van der Waals surface area contributed by atoms with E-state index in [2.05, 4.69) is 19.9 Å². The molecule has 2 unspecified atom stereocenters. The number of sulfone groups is 1. The molecule has 29 heavy (non-hydrogen) atoms. The topological polar surface area (TPSA) is 91.5 Å². The number of hydrogen-bond acceptors (Lipinski definition) is 4. The average molecular weight is 451 g/mol. The molecule has 2 heterocycles. The molecule has 0 saturated carbocycles. The van der Waals surface area contributed by atoms with Crippen LogP contribution >= 0.6 is 23.2 Å². The molecule has 0 aliphatic heterocycles. The molecule has 0 saturated heterocycles. The van der Waals surface area contributed by atoms with Crippen molar-refractivity contribution in [3.63, 3.8) is 0 Å². The first kappa shape index (κ1) is 20.2. The van der Waals surface area contributed by atoms with Crippen molar-refractivity contribution in [2.24, 2.45) is 0 Å². The number of nitrogens with zero attached hydrogens (tertiary/aromatic N) is 2. The third-order valence-corrected chi connectivity index (χ3v) is 8.57. The van der Waals surface area contributed by atoms with E-state index in [-0.39, 0.29) is 0 Å². The molecule has 0 bridgehead atoms. The highest BCUT2D eigenvalue weighted by molar-refractivity contribution is 7.94. The Labute approximate surface area is 178 Å². The van der Waals surface area contributed by atoms with Gasteiger partial charge in [0, 0.05) is 12.8 Å². The van der Waals surface area contributed by atoms with Gasteiger partial charge in [0.25, 0.3) is 0 Å². The SMILES string of the molecule is CCc1nc2ccc(C(Cl)S(=O)(=O)C(Cl)c3ccc4nc(CC)[nH]c4c3)cc2[nH]1. The first-order valence-electron chi connectivity index (χ1n) is 9.31. The van der Waals surface area contributed by atoms with Crippen molar-refractivity contribution in [1.82, 2.24) is 19.9 Å². The second kappa shape index (κ2) is 7.63. The fourth-order valence-corrected chi connectivity index (χ4v) is 5.57. The number of fused-ring (bicyclic) bond motifs is 2. The summed E-state index contributed by atoms with van der Waals surface area (Å²) in [5.41, 5.74) is 3.94. The number of aryl methyl sites for hydroxylation is 2. The van der Waals surface area contributed by atoms with Crippen LogP contribution in [0.25, 0.3) is 22.1 Å². The van der Waals surface area contributed by atoms with E-state index in [0.717, 1.165) is 46.6 Å². The van der Waals surface area contributed by atoms with E-state index in [4.69, 9.17) is 23.2 Å². The number of rotatable bonds is 6. The van der Waals surface area contributed by atoms with Gasteiger partial charge in [-0.3, -0.25) is 0 Å². The Hall–Kier alpha value is -2.09. The summed E-state index contributed by atoms with van der Waals surface area (Å²) in [5, 5.41) is 0. The van der Waals surface area contributed by atoms with Gasteiger partial charge >= 0.3 is 0 Å². The summed E-state index contributed by atoms with van der Waals surface area (Å²) < 4.78 is 23.7. The molecule has 0 amide bonds. The van der Waals surface area contributed by atoms with Crippen LogP contribution in [0.1, 0.15) is 46.0 Å². The van der Waals surface area contributed by atoms with E-state index < -0.39 is 19.3 Å². The second-order valence-corrected chi connectivity index (χ2v) is 10.4. The van der Waals surface area contributed by atoms with E-state index in [1.54, 1.807) is 36.4 Å². The fraction of sp³-hybridized carbons (Fsp3) is 0.300. The number of alkyl halides is 2. The minimum atomic E-state index is -3.92. The monoisotopic (exact) mass is 450 g/mol. The molecular formula is C20H20Cl2N4O2S. The number of benzene rings is 2. The van der Waals surface area contributed by atoms with Gasteiger partial charge in [-0.1, -0.05) is 26.0 Å². The quantitative estimate of drug-likeness (QED) is 0.397. The van der Waals surface area contributed by atoms with E-state index in [1.807, 2.05) is 13.8 Å². The van der Waals surface area contributed by atoms with Crippen molar-refractivity contribution in [3.05, 3.63) is 59.2 Å². The minimum Gasteiger partial charge on any atom is -0.342 e. The normalized spacial score (nSPS) is 14.5. The van der Waals surface area contributed by atoms with E-state index in [1.165, 1.54) is 0 Å².